The summed E-state index contributed by atoms with van der Waals surface area (Å²) >= 11 is 3.18. The second kappa shape index (κ2) is 7.06. The van der Waals surface area contributed by atoms with Gasteiger partial charge in [0, 0.05) is 16.2 Å². The molecule has 0 unspecified atom stereocenters. The maximum Gasteiger partial charge on any atom is 0.330 e. The summed E-state index contributed by atoms with van der Waals surface area (Å²) < 4.78 is 20.7. The first-order valence-electron chi connectivity index (χ1n) is 7.16. The normalized spacial score (nSPS) is 11.1. The number of hydrogen-bond acceptors (Lipinski definition) is 4. The molecule has 0 fully saturated rings. The Kier molecular flexibility index (Phi) is 4.86. The van der Waals surface area contributed by atoms with Gasteiger partial charge >= 0.3 is 5.69 Å². The quantitative estimate of drug-likeness (QED) is 0.674. The summed E-state index contributed by atoms with van der Waals surface area (Å²) in [6.07, 6.45) is 1.50. The summed E-state index contributed by atoms with van der Waals surface area (Å²) in [5.74, 6) is -0.379. The monoisotopic (exact) mass is 393 g/mol. The third kappa shape index (κ3) is 3.44. The number of ether oxygens (including phenoxy) is 1. The van der Waals surface area contributed by atoms with Crippen LogP contribution in [0.2, 0.25) is 0 Å². The molecule has 0 atom stereocenters. The molecule has 0 aliphatic heterocycles. The van der Waals surface area contributed by atoms with Gasteiger partial charge in [-0.2, -0.15) is 0 Å². The van der Waals surface area contributed by atoms with Crippen molar-refractivity contribution in [3.05, 3.63) is 73.2 Å². The van der Waals surface area contributed by atoms with Crippen LogP contribution < -0.4 is 11.2 Å². The minimum Gasteiger partial charge on any atom is -0.375 e. The Morgan fingerprint density at radius 2 is 2.12 bits per heavy atom. The van der Waals surface area contributed by atoms with E-state index in [4.69, 9.17) is 4.74 Å². The van der Waals surface area contributed by atoms with E-state index >= 15 is 0 Å². The molecule has 0 spiro atoms. The number of rotatable bonds is 5. The lowest BCUT2D eigenvalue weighted by atomic mass is 10.2. The third-order valence-electron chi connectivity index (χ3n) is 3.49. The van der Waals surface area contributed by atoms with Crippen molar-refractivity contribution in [1.82, 2.24) is 14.5 Å². The van der Waals surface area contributed by atoms with Crippen LogP contribution in [0.15, 0.2) is 50.6 Å². The Labute approximate surface area is 144 Å². The number of pyridine rings is 1. The standard InChI is InChI=1S/C16H13BrFN3O3/c17-11-4-3-10(13(18)8-11)9-24-7-6-21-15(22)12-2-1-5-19-14(12)20-16(21)23/h1-5,8H,6-7,9H2,(H,19,20,23). The number of nitrogens with one attached hydrogen (secondary N) is 1. The lowest BCUT2D eigenvalue weighted by molar-refractivity contribution is 0.109. The van der Waals surface area contributed by atoms with Crippen molar-refractivity contribution >= 4 is 27.0 Å². The average molecular weight is 394 g/mol. The Morgan fingerprint density at radius 3 is 2.92 bits per heavy atom. The zero-order valence-electron chi connectivity index (χ0n) is 12.5. The third-order valence-corrected chi connectivity index (χ3v) is 3.98. The van der Waals surface area contributed by atoms with E-state index in [1.54, 1.807) is 24.3 Å². The van der Waals surface area contributed by atoms with Gasteiger partial charge in [0.25, 0.3) is 5.56 Å². The summed E-state index contributed by atoms with van der Waals surface area (Å²) in [6, 6.07) is 7.89. The lowest BCUT2D eigenvalue weighted by Gasteiger charge is -2.08. The zero-order chi connectivity index (χ0) is 17.1. The molecule has 3 rings (SSSR count). The molecule has 6 nitrogen and oxygen atoms in total. The molecule has 1 aromatic carbocycles. The first kappa shape index (κ1) is 16.5. The topological polar surface area (TPSA) is 77.0 Å². The van der Waals surface area contributed by atoms with Crippen LogP contribution >= 0.6 is 15.9 Å². The van der Waals surface area contributed by atoms with Crippen molar-refractivity contribution in [1.29, 1.82) is 0 Å². The van der Waals surface area contributed by atoms with Crippen molar-refractivity contribution in [2.24, 2.45) is 0 Å². The molecule has 0 saturated carbocycles. The van der Waals surface area contributed by atoms with Gasteiger partial charge in [0.1, 0.15) is 11.5 Å². The van der Waals surface area contributed by atoms with Crippen molar-refractivity contribution in [3.63, 3.8) is 0 Å². The van der Waals surface area contributed by atoms with Crippen LogP contribution in [-0.2, 0) is 17.9 Å². The fourth-order valence-electron chi connectivity index (χ4n) is 2.26. The number of hydrogen-bond donors (Lipinski definition) is 1. The molecular weight excluding hydrogens is 381 g/mol. The molecule has 3 aromatic rings. The van der Waals surface area contributed by atoms with E-state index in [1.807, 2.05) is 0 Å². The van der Waals surface area contributed by atoms with Crippen molar-refractivity contribution < 1.29 is 9.13 Å². The summed E-state index contributed by atoms with van der Waals surface area (Å²) in [5.41, 5.74) is -0.325. The average Bonchev–Trinajstić information content (AvgIpc) is 2.55. The first-order chi connectivity index (χ1) is 11.6. The van der Waals surface area contributed by atoms with Gasteiger partial charge in [0.05, 0.1) is 25.1 Å². The van der Waals surface area contributed by atoms with Gasteiger partial charge in [-0.3, -0.25) is 14.3 Å². The fourth-order valence-corrected chi connectivity index (χ4v) is 2.60. The molecule has 24 heavy (non-hydrogen) atoms. The van der Waals surface area contributed by atoms with Gasteiger partial charge in [0.15, 0.2) is 0 Å². The molecule has 0 aliphatic carbocycles. The lowest BCUT2D eigenvalue weighted by Crippen LogP contribution is -2.36. The number of aromatic nitrogens is 3. The highest BCUT2D eigenvalue weighted by atomic mass is 79.9. The Balaban J connectivity index is 1.70. The molecular formula is C16H13BrFN3O3. The van der Waals surface area contributed by atoms with E-state index in [9.17, 15) is 14.0 Å². The van der Waals surface area contributed by atoms with Crippen LogP contribution in [0.1, 0.15) is 5.56 Å². The number of halogens is 2. The predicted molar refractivity (Wildman–Crippen MR) is 90.4 cm³/mol. The molecule has 0 bridgehead atoms. The second-order valence-corrected chi connectivity index (χ2v) is 5.99. The zero-order valence-corrected chi connectivity index (χ0v) is 14.0. The molecule has 8 heteroatoms. The minimum atomic E-state index is -0.551. The van der Waals surface area contributed by atoms with E-state index in [2.05, 4.69) is 25.9 Å². The Bertz CT molecular complexity index is 1000. The molecule has 2 heterocycles. The second-order valence-electron chi connectivity index (χ2n) is 5.07. The maximum absolute atomic E-state index is 13.7. The van der Waals surface area contributed by atoms with E-state index in [-0.39, 0.29) is 31.2 Å². The van der Waals surface area contributed by atoms with Gasteiger partial charge < -0.3 is 4.74 Å². The van der Waals surface area contributed by atoms with Gasteiger partial charge in [0.2, 0.25) is 0 Å². The number of H-pyrrole nitrogens is 1. The highest BCUT2D eigenvalue weighted by Gasteiger charge is 2.08. The van der Waals surface area contributed by atoms with Crippen LogP contribution in [-0.4, -0.2) is 21.1 Å². The summed E-state index contributed by atoms with van der Waals surface area (Å²) in [7, 11) is 0. The molecule has 0 saturated heterocycles. The maximum atomic E-state index is 13.7. The Morgan fingerprint density at radius 1 is 1.29 bits per heavy atom. The molecule has 2 aromatic heterocycles. The summed E-state index contributed by atoms with van der Waals surface area (Å²) in [5, 5.41) is 0.330. The summed E-state index contributed by atoms with van der Waals surface area (Å²) in [4.78, 5) is 30.7. The van der Waals surface area contributed by atoms with Gasteiger partial charge in [-0.05, 0) is 24.3 Å². The van der Waals surface area contributed by atoms with Crippen LogP contribution in [0.25, 0.3) is 11.0 Å². The number of nitrogens with zero attached hydrogens (tertiary/aromatic N) is 2. The highest BCUT2D eigenvalue weighted by Crippen LogP contribution is 2.15. The molecule has 0 amide bonds. The van der Waals surface area contributed by atoms with Crippen LogP contribution in [0.3, 0.4) is 0 Å². The summed E-state index contributed by atoms with van der Waals surface area (Å²) in [6.45, 7) is 0.225. The molecule has 1 N–H and O–H groups in total. The predicted octanol–water partition coefficient (Wildman–Crippen LogP) is 2.20. The van der Waals surface area contributed by atoms with Gasteiger partial charge in [-0.15, -0.1) is 0 Å². The van der Waals surface area contributed by atoms with Crippen molar-refractivity contribution in [2.75, 3.05) is 6.61 Å². The van der Waals surface area contributed by atoms with Crippen LogP contribution in [0.4, 0.5) is 4.39 Å². The van der Waals surface area contributed by atoms with E-state index in [0.717, 1.165) is 4.57 Å². The number of fused-ring (bicyclic) bond motifs is 1. The first-order valence-corrected chi connectivity index (χ1v) is 7.95. The fraction of sp³-hybridized carbons (Fsp3) is 0.188. The Hall–Kier alpha value is -2.32. The van der Waals surface area contributed by atoms with E-state index in [0.29, 0.717) is 15.4 Å². The van der Waals surface area contributed by atoms with Crippen molar-refractivity contribution in [2.45, 2.75) is 13.2 Å². The van der Waals surface area contributed by atoms with Crippen molar-refractivity contribution in [3.8, 4) is 0 Å². The number of aromatic amines is 1. The smallest absolute Gasteiger partial charge is 0.330 e. The molecule has 0 radical (unpaired) electrons. The van der Waals surface area contributed by atoms with E-state index in [1.165, 1.54) is 12.3 Å². The van der Waals surface area contributed by atoms with Crippen LogP contribution in [0, 0.1) is 5.82 Å². The largest absolute Gasteiger partial charge is 0.375 e. The molecule has 0 aliphatic rings. The minimum absolute atomic E-state index is 0.0565. The van der Waals surface area contributed by atoms with E-state index < -0.39 is 11.2 Å². The van der Waals surface area contributed by atoms with Crippen LogP contribution in [0.5, 0.6) is 0 Å². The van der Waals surface area contributed by atoms with Gasteiger partial charge in [-0.1, -0.05) is 22.0 Å². The SMILES string of the molecule is O=c1[nH]c2ncccc2c(=O)n1CCOCc1ccc(Br)cc1F. The molecule has 124 valence electrons. The van der Waals surface area contributed by atoms with Gasteiger partial charge in [-0.25, -0.2) is 14.2 Å². The highest BCUT2D eigenvalue weighted by molar-refractivity contribution is 9.10. The number of benzene rings is 1.